The van der Waals surface area contributed by atoms with Crippen LogP contribution < -0.4 is 15.4 Å². The number of nitrogens with one attached hydrogen (secondary N) is 2. The molecule has 0 saturated carbocycles. The Morgan fingerprint density at radius 3 is 2.76 bits per heavy atom. The highest BCUT2D eigenvalue weighted by Gasteiger charge is 2.18. The van der Waals surface area contributed by atoms with E-state index in [-0.39, 0.29) is 0 Å². The van der Waals surface area contributed by atoms with Gasteiger partial charge in [-0.05, 0) is 43.6 Å². The summed E-state index contributed by atoms with van der Waals surface area (Å²) < 4.78 is 5.57. The molecule has 0 aliphatic carbocycles. The number of piperidine rings is 1. The molecule has 4 nitrogen and oxygen atoms in total. The van der Waals surface area contributed by atoms with Crippen molar-refractivity contribution in [1.29, 1.82) is 0 Å². The zero-order valence-corrected chi connectivity index (χ0v) is 13.0. The van der Waals surface area contributed by atoms with E-state index < -0.39 is 0 Å². The number of hydrogen-bond acceptors (Lipinski definition) is 4. The van der Waals surface area contributed by atoms with E-state index in [4.69, 9.17) is 4.74 Å². The van der Waals surface area contributed by atoms with Crippen molar-refractivity contribution < 1.29 is 4.74 Å². The molecule has 3 rings (SSSR count). The summed E-state index contributed by atoms with van der Waals surface area (Å²) in [6.45, 7) is 6.56. The minimum Gasteiger partial charge on any atom is -0.496 e. The maximum atomic E-state index is 5.57. The average molecular weight is 289 g/mol. The number of likely N-dealkylation sites (tertiary alicyclic amines) is 1. The second-order valence-electron chi connectivity index (χ2n) is 6.12. The van der Waals surface area contributed by atoms with Crippen LogP contribution in [0.5, 0.6) is 5.75 Å². The third kappa shape index (κ3) is 3.76. The van der Waals surface area contributed by atoms with Gasteiger partial charge in [0.25, 0.3) is 0 Å². The van der Waals surface area contributed by atoms with Crippen molar-refractivity contribution >= 4 is 0 Å². The lowest BCUT2D eigenvalue weighted by molar-refractivity contribution is 0.218. The fourth-order valence-electron chi connectivity index (χ4n) is 3.39. The molecule has 2 saturated heterocycles. The predicted octanol–water partition coefficient (Wildman–Crippen LogP) is 1.91. The van der Waals surface area contributed by atoms with Crippen LogP contribution in [-0.2, 0) is 6.54 Å². The minimum atomic E-state index is 0.421. The highest BCUT2D eigenvalue weighted by Crippen LogP contribution is 2.26. The Hall–Kier alpha value is -1.10. The first-order valence-electron chi connectivity index (χ1n) is 8.20. The molecule has 2 aliphatic heterocycles. The first-order valence-corrected chi connectivity index (χ1v) is 8.20. The van der Waals surface area contributed by atoms with E-state index in [1.807, 2.05) is 0 Å². The second-order valence-corrected chi connectivity index (χ2v) is 6.12. The summed E-state index contributed by atoms with van der Waals surface area (Å²) >= 11 is 0. The van der Waals surface area contributed by atoms with Crippen LogP contribution in [0.1, 0.15) is 36.4 Å². The number of piperazine rings is 1. The molecule has 2 aliphatic rings. The van der Waals surface area contributed by atoms with E-state index in [9.17, 15) is 0 Å². The molecule has 0 amide bonds. The molecule has 0 spiro atoms. The van der Waals surface area contributed by atoms with Crippen molar-refractivity contribution in [2.75, 3.05) is 39.8 Å². The van der Waals surface area contributed by atoms with Gasteiger partial charge in [-0.15, -0.1) is 0 Å². The van der Waals surface area contributed by atoms with E-state index in [0.29, 0.717) is 6.04 Å². The molecule has 1 aromatic rings. The molecule has 0 unspecified atom stereocenters. The van der Waals surface area contributed by atoms with E-state index >= 15 is 0 Å². The largest absolute Gasteiger partial charge is 0.496 e. The molecule has 0 bridgehead atoms. The smallest absolute Gasteiger partial charge is 0.123 e. The van der Waals surface area contributed by atoms with Crippen LogP contribution in [0.25, 0.3) is 0 Å². The van der Waals surface area contributed by atoms with Gasteiger partial charge in [0.15, 0.2) is 0 Å². The number of nitrogens with zero attached hydrogens (tertiary/aromatic N) is 1. The molecule has 116 valence electrons. The first kappa shape index (κ1) is 14.8. The topological polar surface area (TPSA) is 36.5 Å². The Bertz CT molecular complexity index is 451. The Labute approximate surface area is 127 Å². The predicted molar refractivity (Wildman–Crippen MR) is 85.7 cm³/mol. The SMILES string of the molecule is COc1ccc([C@H]2CNCCN2)cc1CN1CCCCC1. The Morgan fingerprint density at radius 2 is 2.05 bits per heavy atom. The molecule has 1 aromatic carbocycles. The van der Waals surface area contributed by atoms with Gasteiger partial charge >= 0.3 is 0 Å². The van der Waals surface area contributed by atoms with Gasteiger partial charge in [0.2, 0.25) is 0 Å². The molecule has 2 heterocycles. The van der Waals surface area contributed by atoms with E-state index in [2.05, 4.69) is 33.7 Å². The lowest BCUT2D eigenvalue weighted by Gasteiger charge is -2.28. The maximum absolute atomic E-state index is 5.57. The quantitative estimate of drug-likeness (QED) is 0.888. The standard InChI is InChI=1S/C17H27N3O/c1-21-17-6-5-14(16-12-18-7-8-19-16)11-15(17)13-20-9-3-2-4-10-20/h5-6,11,16,18-19H,2-4,7-10,12-13H2,1H3/t16-/m1/s1. The zero-order valence-electron chi connectivity index (χ0n) is 13.0. The van der Waals surface area contributed by atoms with Gasteiger partial charge in [-0.25, -0.2) is 0 Å². The Kier molecular flexibility index (Phi) is 5.12. The second kappa shape index (κ2) is 7.25. The van der Waals surface area contributed by atoms with Gasteiger partial charge in [0.1, 0.15) is 5.75 Å². The van der Waals surface area contributed by atoms with Crippen molar-refractivity contribution in [2.24, 2.45) is 0 Å². The fraction of sp³-hybridized carbons (Fsp3) is 0.647. The van der Waals surface area contributed by atoms with Gasteiger partial charge in [-0.3, -0.25) is 4.90 Å². The van der Waals surface area contributed by atoms with Gasteiger partial charge < -0.3 is 15.4 Å². The van der Waals surface area contributed by atoms with Gasteiger partial charge in [0, 0.05) is 37.8 Å². The number of benzene rings is 1. The monoisotopic (exact) mass is 289 g/mol. The molecule has 0 aromatic heterocycles. The summed E-state index contributed by atoms with van der Waals surface area (Å²) in [5, 5.41) is 7.05. The molecule has 1 atom stereocenters. The van der Waals surface area contributed by atoms with Crippen molar-refractivity contribution in [1.82, 2.24) is 15.5 Å². The van der Waals surface area contributed by atoms with Crippen LogP contribution in [0, 0.1) is 0 Å². The van der Waals surface area contributed by atoms with Crippen LogP contribution in [0.3, 0.4) is 0 Å². The van der Waals surface area contributed by atoms with Crippen molar-refractivity contribution in [3.8, 4) is 5.75 Å². The van der Waals surface area contributed by atoms with Crippen molar-refractivity contribution in [2.45, 2.75) is 31.8 Å². The summed E-state index contributed by atoms with van der Waals surface area (Å²) in [4.78, 5) is 2.55. The van der Waals surface area contributed by atoms with Crippen LogP contribution in [0.2, 0.25) is 0 Å². The van der Waals surface area contributed by atoms with E-state index in [1.165, 1.54) is 43.5 Å². The number of methoxy groups -OCH3 is 1. The maximum Gasteiger partial charge on any atom is 0.123 e. The van der Waals surface area contributed by atoms with Crippen LogP contribution in [0.15, 0.2) is 18.2 Å². The number of ether oxygens (including phenoxy) is 1. The van der Waals surface area contributed by atoms with Crippen molar-refractivity contribution in [3.05, 3.63) is 29.3 Å². The summed E-state index contributed by atoms with van der Waals surface area (Å²) in [6, 6.07) is 7.08. The Morgan fingerprint density at radius 1 is 1.19 bits per heavy atom. The third-order valence-electron chi connectivity index (χ3n) is 4.59. The lowest BCUT2D eigenvalue weighted by atomic mass is 10.0. The third-order valence-corrected chi connectivity index (χ3v) is 4.59. The van der Waals surface area contributed by atoms with Gasteiger partial charge in [-0.1, -0.05) is 12.5 Å². The highest BCUT2D eigenvalue weighted by atomic mass is 16.5. The van der Waals surface area contributed by atoms with Gasteiger partial charge in [-0.2, -0.15) is 0 Å². The number of hydrogen-bond donors (Lipinski definition) is 2. The average Bonchev–Trinajstić information content (AvgIpc) is 2.56. The van der Waals surface area contributed by atoms with Gasteiger partial charge in [0.05, 0.1) is 7.11 Å². The summed E-state index contributed by atoms with van der Waals surface area (Å²) in [5.74, 6) is 1.02. The fourth-order valence-corrected chi connectivity index (χ4v) is 3.39. The first-order chi connectivity index (χ1) is 10.4. The van der Waals surface area contributed by atoms with Crippen LogP contribution >= 0.6 is 0 Å². The molecule has 21 heavy (non-hydrogen) atoms. The highest BCUT2D eigenvalue weighted by molar-refractivity contribution is 5.38. The molecule has 4 heteroatoms. The summed E-state index contributed by atoms with van der Waals surface area (Å²) in [7, 11) is 1.77. The molecule has 0 radical (unpaired) electrons. The molecular weight excluding hydrogens is 262 g/mol. The van der Waals surface area contributed by atoms with E-state index in [0.717, 1.165) is 31.9 Å². The summed E-state index contributed by atoms with van der Waals surface area (Å²) in [6.07, 6.45) is 4.04. The van der Waals surface area contributed by atoms with Crippen LogP contribution in [0.4, 0.5) is 0 Å². The minimum absolute atomic E-state index is 0.421. The summed E-state index contributed by atoms with van der Waals surface area (Å²) in [5.41, 5.74) is 2.69. The number of rotatable bonds is 4. The lowest BCUT2D eigenvalue weighted by Crippen LogP contribution is -2.42. The zero-order chi connectivity index (χ0) is 14.5. The molecule has 2 N–H and O–H groups in total. The molecule has 2 fully saturated rings. The van der Waals surface area contributed by atoms with E-state index in [1.54, 1.807) is 7.11 Å². The van der Waals surface area contributed by atoms with Crippen LogP contribution in [-0.4, -0.2) is 44.7 Å². The normalized spacial score (nSPS) is 24.0. The van der Waals surface area contributed by atoms with Crippen molar-refractivity contribution in [3.63, 3.8) is 0 Å². The Balaban J connectivity index is 1.75. The molecular formula is C17H27N3O.